The molecule has 1 unspecified atom stereocenters. The zero-order chi connectivity index (χ0) is 19.6. The van der Waals surface area contributed by atoms with Gasteiger partial charge in [-0.3, -0.25) is 9.80 Å². The standard InChI is InChI=1S/C17H18N6O3S/c1-9(2)27-11-6-4-10(5-7-11)12-8-19-14(18)13(20-12)17-23(3)21-16(26-17)15(24)22-25/h4-9,17H,1-3H3,(H2,18,19). The van der Waals surface area contributed by atoms with Gasteiger partial charge in [0.25, 0.3) is 0 Å². The largest absolute Gasteiger partial charge is 0.441 e. The summed E-state index contributed by atoms with van der Waals surface area (Å²) in [7, 11) is 1.57. The summed E-state index contributed by atoms with van der Waals surface area (Å²) in [5.41, 5.74) is 7.70. The highest BCUT2D eigenvalue weighted by Crippen LogP contribution is 2.31. The molecule has 2 N–H and O–H groups in total. The van der Waals surface area contributed by atoms with E-state index in [4.69, 9.17) is 10.5 Å². The van der Waals surface area contributed by atoms with Gasteiger partial charge in [0.2, 0.25) is 6.23 Å². The van der Waals surface area contributed by atoms with E-state index in [1.807, 2.05) is 24.3 Å². The van der Waals surface area contributed by atoms with E-state index in [-0.39, 0.29) is 5.82 Å². The Morgan fingerprint density at radius 2 is 2.04 bits per heavy atom. The SMILES string of the molecule is CC(C)Sc1ccc(-c2cnc(N)c(C3OC(C(=O)N=O)=NN3C)n2)cc1. The van der Waals surface area contributed by atoms with Crippen LogP contribution in [0.25, 0.3) is 11.3 Å². The molecule has 2 aromatic rings. The average Bonchev–Trinajstić information content (AvgIpc) is 3.03. The van der Waals surface area contributed by atoms with Crippen molar-refractivity contribution in [2.75, 3.05) is 12.8 Å². The van der Waals surface area contributed by atoms with Gasteiger partial charge in [-0.2, -0.15) is 0 Å². The van der Waals surface area contributed by atoms with Crippen molar-refractivity contribution < 1.29 is 9.53 Å². The van der Waals surface area contributed by atoms with Crippen LogP contribution >= 0.6 is 11.8 Å². The van der Waals surface area contributed by atoms with Crippen LogP contribution in [0.5, 0.6) is 0 Å². The molecule has 1 atom stereocenters. The van der Waals surface area contributed by atoms with Crippen molar-refractivity contribution >= 4 is 29.4 Å². The van der Waals surface area contributed by atoms with E-state index in [0.717, 1.165) is 10.5 Å². The summed E-state index contributed by atoms with van der Waals surface area (Å²) in [4.78, 5) is 31.7. The first kappa shape index (κ1) is 18.8. The number of amides is 1. The molecule has 3 rings (SSSR count). The minimum Gasteiger partial charge on any atom is -0.441 e. The second-order valence-electron chi connectivity index (χ2n) is 6.06. The maximum absolute atomic E-state index is 11.4. The Kier molecular flexibility index (Phi) is 5.36. The molecule has 9 nitrogen and oxygen atoms in total. The molecular weight excluding hydrogens is 368 g/mol. The smallest absolute Gasteiger partial charge is 0.372 e. The molecule has 1 aromatic heterocycles. The Balaban J connectivity index is 1.87. The number of thioether (sulfide) groups is 1. The van der Waals surface area contributed by atoms with Gasteiger partial charge in [0.05, 0.1) is 11.9 Å². The maximum Gasteiger partial charge on any atom is 0.372 e. The summed E-state index contributed by atoms with van der Waals surface area (Å²) in [6.07, 6.45) is 0.701. The molecule has 1 aliphatic rings. The molecule has 10 heteroatoms. The van der Waals surface area contributed by atoms with Gasteiger partial charge in [-0.05, 0) is 12.1 Å². The molecule has 0 saturated heterocycles. The van der Waals surface area contributed by atoms with Crippen molar-refractivity contribution in [1.29, 1.82) is 0 Å². The Hall–Kier alpha value is -3.01. The normalized spacial score (nSPS) is 16.2. The van der Waals surface area contributed by atoms with Crippen molar-refractivity contribution in [2.24, 2.45) is 10.3 Å². The minimum atomic E-state index is -1.09. The number of nitroso groups, excluding NO2 is 1. The van der Waals surface area contributed by atoms with E-state index in [9.17, 15) is 9.70 Å². The Bertz CT molecular complexity index is 900. The summed E-state index contributed by atoms with van der Waals surface area (Å²) in [5, 5.41) is 8.00. The van der Waals surface area contributed by atoms with Crippen LogP contribution in [0.4, 0.5) is 5.82 Å². The third-order valence-electron chi connectivity index (χ3n) is 3.66. The Morgan fingerprint density at radius 1 is 1.33 bits per heavy atom. The number of hydrogen-bond donors (Lipinski definition) is 1. The molecule has 0 aliphatic carbocycles. The molecule has 0 bridgehead atoms. The second kappa shape index (κ2) is 7.70. The average molecular weight is 386 g/mol. The predicted molar refractivity (Wildman–Crippen MR) is 103 cm³/mol. The van der Waals surface area contributed by atoms with E-state index in [1.54, 1.807) is 25.0 Å². The first-order chi connectivity index (χ1) is 12.9. The number of hydrazone groups is 1. The molecule has 0 spiro atoms. The summed E-state index contributed by atoms with van der Waals surface area (Å²) in [6, 6.07) is 7.95. The molecule has 0 radical (unpaired) electrons. The monoisotopic (exact) mass is 386 g/mol. The number of anilines is 1. The fourth-order valence-corrected chi connectivity index (χ4v) is 3.31. The number of carbonyl (C=O) groups excluding carboxylic acids is 1. The van der Waals surface area contributed by atoms with Gasteiger partial charge in [0.1, 0.15) is 5.69 Å². The molecule has 0 saturated carbocycles. The van der Waals surface area contributed by atoms with Gasteiger partial charge < -0.3 is 10.5 Å². The quantitative estimate of drug-likeness (QED) is 0.614. The minimum absolute atomic E-state index is 0.144. The highest BCUT2D eigenvalue weighted by molar-refractivity contribution is 7.99. The number of benzene rings is 1. The predicted octanol–water partition coefficient (Wildman–Crippen LogP) is 2.79. The molecule has 27 heavy (non-hydrogen) atoms. The summed E-state index contributed by atoms with van der Waals surface area (Å²) in [6.45, 7) is 4.27. The van der Waals surface area contributed by atoms with E-state index in [2.05, 4.69) is 34.1 Å². The number of ether oxygens (including phenoxy) is 1. The Morgan fingerprint density at radius 3 is 2.67 bits per heavy atom. The van der Waals surface area contributed by atoms with Gasteiger partial charge >= 0.3 is 11.8 Å². The van der Waals surface area contributed by atoms with Crippen LogP contribution in [0.3, 0.4) is 0 Å². The van der Waals surface area contributed by atoms with Crippen molar-refractivity contribution in [1.82, 2.24) is 15.0 Å². The molecule has 0 fully saturated rings. The van der Waals surface area contributed by atoms with Gasteiger partial charge in [-0.25, -0.2) is 9.97 Å². The van der Waals surface area contributed by atoms with E-state index in [0.29, 0.717) is 16.6 Å². The molecular formula is C17H18N6O3S. The van der Waals surface area contributed by atoms with Crippen LogP contribution in [-0.2, 0) is 9.53 Å². The van der Waals surface area contributed by atoms with E-state index >= 15 is 0 Å². The third kappa shape index (κ3) is 4.05. The van der Waals surface area contributed by atoms with Crippen LogP contribution in [0.15, 0.2) is 45.6 Å². The van der Waals surface area contributed by atoms with Crippen LogP contribution in [0.1, 0.15) is 25.8 Å². The molecule has 140 valence electrons. The fourth-order valence-electron chi connectivity index (χ4n) is 2.48. The number of nitrogen functional groups attached to an aromatic ring is 1. The number of aromatic nitrogens is 2. The van der Waals surface area contributed by atoms with Crippen LogP contribution in [-0.4, -0.2) is 39.1 Å². The number of carbonyl (C=O) groups is 1. The molecule has 1 amide bonds. The van der Waals surface area contributed by atoms with E-state index in [1.165, 1.54) is 5.01 Å². The van der Waals surface area contributed by atoms with Gasteiger partial charge in [-0.15, -0.1) is 21.8 Å². The summed E-state index contributed by atoms with van der Waals surface area (Å²) < 4.78 is 5.39. The van der Waals surface area contributed by atoms with Gasteiger partial charge in [-0.1, -0.05) is 26.0 Å². The van der Waals surface area contributed by atoms with Gasteiger partial charge in [0.15, 0.2) is 5.82 Å². The Labute approximate surface area is 160 Å². The zero-order valence-electron chi connectivity index (χ0n) is 15.0. The third-order valence-corrected chi connectivity index (χ3v) is 4.68. The zero-order valence-corrected chi connectivity index (χ0v) is 15.8. The maximum atomic E-state index is 11.4. The van der Waals surface area contributed by atoms with Gasteiger partial charge in [0, 0.05) is 27.9 Å². The molecule has 2 heterocycles. The highest BCUT2D eigenvalue weighted by atomic mass is 32.2. The van der Waals surface area contributed by atoms with E-state index < -0.39 is 18.0 Å². The van der Waals surface area contributed by atoms with Crippen molar-refractivity contribution in [3.05, 3.63) is 41.1 Å². The summed E-state index contributed by atoms with van der Waals surface area (Å²) >= 11 is 1.77. The van der Waals surface area contributed by atoms with Crippen molar-refractivity contribution in [3.63, 3.8) is 0 Å². The fraction of sp³-hybridized carbons (Fsp3) is 0.294. The van der Waals surface area contributed by atoms with Crippen LogP contribution in [0.2, 0.25) is 0 Å². The van der Waals surface area contributed by atoms with Crippen molar-refractivity contribution in [2.45, 2.75) is 30.2 Å². The lowest BCUT2D eigenvalue weighted by molar-refractivity contribution is -0.113. The second-order valence-corrected chi connectivity index (χ2v) is 7.71. The first-order valence-electron chi connectivity index (χ1n) is 8.14. The van der Waals surface area contributed by atoms with Crippen LogP contribution < -0.4 is 5.73 Å². The first-order valence-corrected chi connectivity index (χ1v) is 9.02. The summed E-state index contributed by atoms with van der Waals surface area (Å²) in [5.74, 6) is -1.35. The van der Waals surface area contributed by atoms with Crippen LogP contribution in [0, 0.1) is 4.91 Å². The highest BCUT2D eigenvalue weighted by Gasteiger charge is 2.34. The number of rotatable bonds is 5. The lowest BCUT2D eigenvalue weighted by atomic mass is 10.1. The lowest BCUT2D eigenvalue weighted by Gasteiger charge is -2.18. The number of hydrogen-bond acceptors (Lipinski definition) is 9. The lowest BCUT2D eigenvalue weighted by Crippen LogP contribution is -2.20. The molecule has 1 aliphatic heterocycles. The number of nitrogens with zero attached hydrogens (tertiary/aromatic N) is 5. The number of nitrogens with two attached hydrogens (primary N) is 1. The topological polar surface area (TPSA) is 123 Å². The molecule has 1 aromatic carbocycles. The van der Waals surface area contributed by atoms with Crippen molar-refractivity contribution in [3.8, 4) is 11.3 Å².